The highest BCUT2D eigenvalue weighted by Crippen LogP contribution is 2.18. The zero-order valence-electron chi connectivity index (χ0n) is 39.8. The summed E-state index contributed by atoms with van der Waals surface area (Å²) < 4.78 is 31.1. The predicted molar refractivity (Wildman–Crippen MR) is 230 cm³/mol. The maximum atomic E-state index is 13.5. The van der Waals surface area contributed by atoms with Gasteiger partial charge in [-0.3, -0.25) is 19.3 Å². The number of carbonyl (C=O) groups excluding carboxylic acids is 6. The van der Waals surface area contributed by atoms with Gasteiger partial charge in [0.2, 0.25) is 0 Å². The van der Waals surface area contributed by atoms with Gasteiger partial charge >= 0.3 is 35.9 Å². The standard InChI is InChI=1S/C44H73N7O11/c1-40(2,3)58-34(52)20-19-31(38(56)62-44(13,14)15)48-39(57)47-30(37(55)61-43(10,11)12)18-16-17-23-49(26-32-45-21-24-50(32)28-35(53)59-41(4,5)6)27-33-46-22-25-51(33)29-36(54)60-42(7,8)9/h21-22,24-25,30-31H,16-20,23,26-29H2,1-15H3,(H2,47,48,57)/t30-,31-/m0/s1. The Bertz CT molecular complexity index is 1730. The molecule has 2 amide bonds. The fraction of sp³-hybridized carbons (Fsp3) is 0.727. The lowest BCUT2D eigenvalue weighted by molar-refractivity contribution is -0.159. The lowest BCUT2D eigenvalue weighted by Gasteiger charge is -2.27. The molecular formula is C44H73N7O11. The molecule has 2 rings (SSSR count). The van der Waals surface area contributed by atoms with Crippen LogP contribution in [0.4, 0.5) is 4.79 Å². The van der Waals surface area contributed by atoms with Gasteiger partial charge in [0.1, 0.15) is 64.8 Å². The van der Waals surface area contributed by atoms with Crippen LogP contribution in [0.2, 0.25) is 0 Å². The van der Waals surface area contributed by atoms with Gasteiger partial charge in [-0.15, -0.1) is 0 Å². The second kappa shape index (κ2) is 22.4. The molecule has 2 heterocycles. The van der Waals surface area contributed by atoms with E-state index in [9.17, 15) is 28.8 Å². The molecule has 0 aliphatic rings. The minimum Gasteiger partial charge on any atom is -0.460 e. The molecule has 18 heteroatoms. The number of rotatable bonds is 20. The number of imidazole rings is 2. The van der Waals surface area contributed by atoms with Crippen molar-refractivity contribution in [3.63, 3.8) is 0 Å². The van der Waals surface area contributed by atoms with Gasteiger partial charge in [0.05, 0.1) is 13.1 Å². The molecule has 0 radical (unpaired) electrons. The van der Waals surface area contributed by atoms with Crippen LogP contribution >= 0.6 is 0 Å². The van der Waals surface area contributed by atoms with Gasteiger partial charge in [0, 0.05) is 31.2 Å². The maximum Gasteiger partial charge on any atom is 0.329 e. The summed E-state index contributed by atoms with van der Waals surface area (Å²) in [4.78, 5) is 89.3. The second-order valence-corrected chi connectivity index (χ2v) is 20.2. The van der Waals surface area contributed by atoms with Crippen LogP contribution in [0.15, 0.2) is 24.8 Å². The first-order valence-electron chi connectivity index (χ1n) is 21.2. The van der Waals surface area contributed by atoms with Crippen molar-refractivity contribution < 1.29 is 52.5 Å². The van der Waals surface area contributed by atoms with Gasteiger partial charge in [-0.2, -0.15) is 0 Å². The number of amides is 2. The average Bonchev–Trinajstić information content (AvgIpc) is 3.68. The molecule has 2 N–H and O–H groups in total. The number of hydrogen-bond acceptors (Lipinski definition) is 14. The molecule has 2 atom stereocenters. The molecule has 350 valence electrons. The lowest BCUT2D eigenvalue weighted by Crippen LogP contribution is -2.53. The number of ether oxygens (including phenoxy) is 5. The van der Waals surface area contributed by atoms with Gasteiger partial charge in [0.15, 0.2) is 0 Å². The Kier molecular flexibility index (Phi) is 19.2. The van der Waals surface area contributed by atoms with Crippen molar-refractivity contribution in [3.8, 4) is 0 Å². The van der Waals surface area contributed by atoms with Crippen molar-refractivity contribution in [1.82, 2.24) is 34.6 Å². The van der Waals surface area contributed by atoms with E-state index >= 15 is 0 Å². The van der Waals surface area contributed by atoms with Gasteiger partial charge in [-0.1, -0.05) is 0 Å². The minimum absolute atomic E-state index is 0.0468. The van der Waals surface area contributed by atoms with E-state index < -0.39 is 76.0 Å². The van der Waals surface area contributed by atoms with Crippen molar-refractivity contribution >= 4 is 35.9 Å². The Labute approximate surface area is 367 Å². The zero-order valence-corrected chi connectivity index (χ0v) is 39.8. The summed E-state index contributed by atoms with van der Waals surface area (Å²) in [6.45, 7) is 27.1. The summed E-state index contributed by atoms with van der Waals surface area (Å²) in [5.41, 5.74) is -3.80. The molecular weight excluding hydrogens is 803 g/mol. The molecule has 0 unspecified atom stereocenters. The van der Waals surface area contributed by atoms with Crippen LogP contribution in [0.5, 0.6) is 0 Å². The first kappa shape index (κ1) is 53.1. The molecule has 0 aliphatic carbocycles. The van der Waals surface area contributed by atoms with Crippen LogP contribution in [-0.4, -0.2) is 107 Å². The average molecular weight is 876 g/mol. The summed E-state index contributed by atoms with van der Waals surface area (Å²) in [5, 5.41) is 5.27. The van der Waals surface area contributed by atoms with Crippen LogP contribution < -0.4 is 10.6 Å². The van der Waals surface area contributed by atoms with Crippen molar-refractivity contribution in [2.45, 2.75) is 202 Å². The third-order valence-corrected chi connectivity index (χ3v) is 8.04. The van der Waals surface area contributed by atoms with Gasteiger partial charge in [-0.05, 0) is 136 Å². The van der Waals surface area contributed by atoms with Crippen LogP contribution in [-0.2, 0) is 73.8 Å². The van der Waals surface area contributed by atoms with Crippen LogP contribution in [0.1, 0.15) is 148 Å². The van der Waals surface area contributed by atoms with E-state index in [1.54, 1.807) is 138 Å². The fourth-order valence-electron chi connectivity index (χ4n) is 5.85. The van der Waals surface area contributed by atoms with Crippen molar-refractivity contribution in [3.05, 3.63) is 36.4 Å². The monoisotopic (exact) mass is 876 g/mol. The minimum atomic E-state index is -1.22. The molecule has 0 aliphatic heterocycles. The number of hydrogen-bond donors (Lipinski definition) is 2. The third kappa shape index (κ3) is 22.7. The number of nitrogens with zero attached hydrogens (tertiary/aromatic N) is 5. The van der Waals surface area contributed by atoms with E-state index in [-0.39, 0.29) is 32.4 Å². The largest absolute Gasteiger partial charge is 0.460 e. The zero-order chi connectivity index (χ0) is 47.3. The lowest BCUT2D eigenvalue weighted by atomic mass is 10.1. The summed E-state index contributed by atoms with van der Waals surface area (Å²) in [6.07, 6.45) is 7.48. The highest BCUT2D eigenvalue weighted by molar-refractivity contribution is 5.87. The first-order valence-corrected chi connectivity index (χ1v) is 21.2. The van der Waals surface area contributed by atoms with Gasteiger partial charge in [-0.25, -0.2) is 24.4 Å². The quantitative estimate of drug-likeness (QED) is 0.0918. The Balaban J connectivity index is 2.30. The van der Waals surface area contributed by atoms with E-state index in [0.717, 1.165) is 0 Å². The molecule has 2 aromatic heterocycles. The predicted octanol–water partition coefficient (Wildman–Crippen LogP) is 5.78. The number of urea groups is 1. The van der Waals surface area contributed by atoms with E-state index in [0.29, 0.717) is 44.1 Å². The van der Waals surface area contributed by atoms with Gasteiger partial charge < -0.3 is 43.5 Å². The van der Waals surface area contributed by atoms with Crippen molar-refractivity contribution in [2.75, 3.05) is 6.54 Å². The number of unbranched alkanes of at least 4 members (excludes halogenated alkanes) is 1. The van der Waals surface area contributed by atoms with Crippen LogP contribution in [0.3, 0.4) is 0 Å². The Morgan fingerprint density at radius 2 is 0.919 bits per heavy atom. The molecule has 0 saturated heterocycles. The number of aromatic nitrogens is 4. The Hall–Kier alpha value is -5.00. The highest BCUT2D eigenvalue weighted by Gasteiger charge is 2.32. The number of nitrogens with one attached hydrogen (secondary N) is 2. The third-order valence-electron chi connectivity index (χ3n) is 8.04. The number of esters is 5. The van der Waals surface area contributed by atoms with Crippen LogP contribution in [0.25, 0.3) is 0 Å². The van der Waals surface area contributed by atoms with Crippen molar-refractivity contribution in [1.29, 1.82) is 0 Å². The summed E-state index contributed by atoms with van der Waals surface area (Å²) in [6, 6.07) is -3.15. The fourth-order valence-corrected chi connectivity index (χ4v) is 5.85. The molecule has 0 aromatic carbocycles. The molecule has 0 saturated carbocycles. The highest BCUT2D eigenvalue weighted by atomic mass is 16.6. The molecule has 62 heavy (non-hydrogen) atoms. The van der Waals surface area contributed by atoms with Crippen LogP contribution in [0, 0.1) is 0 Å². The number of carbonyl (C=O) groups is 6. The summed E-state index contributed by atoms with van der Waals surface area (Å²) in [7, 11) is 0. The molecule has 0 fully saturated rings. The Morgan fingerprint density at radius 3 is 1.31 bits per heavy atom. The molecule has 0 spiro atoms. The molecule has 0 bridgehead atoms. The normalized spacial score (nSPS) is 13.5. The summed E-state index contributed by atoms with van der Waals surface area (Å²) >= 11 is 0. The van der Waals surface area contributed by atoms with E-state index in [4.69, 9.17) is 23.7 Å². The molecule has 18 nitrogen and oxygen atoms in total. The Morgan fingerprint density at radius 1 is 0.548 bits per heavy atom. The summed E-state index contributed by atoms with van der Waals surface area (Å²) in [5.74, 6) is -1.60. The van der Waals surface area contributed by atoms with Crippen molar-refractivity contribution in [2.24, 2.45) is 0 Å². The topological polar surface area (TPSA) is 212 Å². The second-order valence-electron chi connectivity index (χ2n) is 20.2. The van der Waals surface area contributed by atoms with E-state index in [2.05, 4.69) is 25.5 Å². The van der Waals surface area contributed by atoms with E-state index in [1.807, 2.05) is 0 Å². The van der Waals surface area contributed by atoms with E-state index in [1.165, 1.54) is 0 Å². The SMILES string of the molecule is CC(C)(C)OC(=O)CC[C@H](NC(=O)N[C@@H](CCCCN(Cc1nccn1CC(=O)OC(C)(C)C)Cc1nccn1CC(=O)OC(C)(C)C)C(=O)OC(C)(C)C)C(=O)OC(C)(C)C. The smallest absolute Gasteiger partial charge is 0.329 e. The molecule has 2 aromatic rings. The first-order chi connectivity index (χ1) is 28.3. The van der Waals surface area contributed by atoms with Gasteiger partial charge in [0.25, 0.3) is 0 Å². The maximum absolute atomic E-state index is 13.5.